The summed E-state index contributed by atoms with van der Waals surface area (Å²) >= 11 is 0. The zero-order valence-corrected chi connectivity index (χ0v) is 18.1. The van der Waals surface area contributed by atoms with Crippen LogP contribution in [0, 0.1) is 20.8 Å². The first-order valence-corrected chi connectivity index (χ1v) is 9.60. The highest BCUT2D eigenvalue weighted by atomic mass is 19.4. The molecule has 168 valence electrons. The number of carbonyl (C=O) groups is 2. The van der Waals surface area contributed by atoms with Crippen molar-refractivity contribution < 1.29 is 27.5 Å². The van der Waals surface area contributed by atoms with E-state index >= 15 is 0 Å². The Balaban J connectivity index is 1.93. The molecule has 0 saturated heterocycles. The van der Waals surface area contributed by atoms with Crippen molar-refractivity contribution in [3.05, 3.63) is 53.1 Å². The summed E-state index contributed by atoms with van der Waals surface area (Å²) in [6, 6.07) is 8.13. The van der Waals surface area contributed by atoms with Crippen LogP contribution < -0.4 is 15.4 Å². The van der Waals surface area contributed by atoms with E-state index in [2.05, 4.69) is 15.4 Å². The summed E-state index contributed by atoms with van der Waals surface area (Å²) in [6.45, 7) is 7.43. The van der Waals surface area contributed by atoms with E-state index in [1.165, 1.54) is 12.1 Å². The summed E-state index contributed by atoms with van der Waals surface area (Å²) < 4.78 is 40.5. The minimum Gasteiger partial charge on any atom is -0.406 e. The number of carbonyl (C=O) groups excluding carboxylic acids is 2. The minimum absolute atomic E-state index is 0.0142. The van der Waals surface area contributed by atoms with Gasteiger partial charge in [-0.15, -0.1) is 13.2 Å². The molecule has 0 aromatic heterocycles. The Bertz CT molecular complexity index is 920. The Morgan fingerprint density at radius 2 is 1.58 bits per heavy atom. The number of halogens is 3. The number of rotatable bonds is 7. The molecule has 2 aromatic carbocycles. The van der Waals surface area contributed by atoms with E-state index in [-0.39, 0.29) is 18.2 Å². The third-order valence-corrected chi connectivity index (χ3v) is 4.73. The fourth-order valence-corrected chi connectivity index (χ4v) is 3.11. The summed E-state index contributed by atoms with van der Waals surface area (Å²) in [4.78, 5) is 26.5. The molecule has 6 nitrogen and oxygen atoms in total. The number of amides is 2. The number of nitrogens with zero attached hydrogens (tertiary/aromatic N) is 1. The van der Waals surface area contributed by atoms with Crippen molar-refractivity contribution in [1.29, 1.82) is 0 Å². The molecular formula is C22H26F3N3O3. The van der Waals surface area contributed by atoms with Crippen molar-refractivity contribution >= 4 is 23.2 Å². The Kier molecular flexibility index (Phi) is 7.67. The van der Waals surface area contributed by atoms with Crippen LogP contribution in [0.4, 0.5) is 24.5 Å². The van der Waals surface area contributed by atoms with Gasteiger partial charge in [-0.25, -0.2) is 0 Å². The second-order valence-electron chi connectivity index (χ2n) is 7.47. The van der Waals surface area contributed by atoms with E-state index in [9.17, 15) is 22.8 Å². The van der Waals surface area contributed by atoms with Gasteiger partial charge in [0.15, 0.2) is 0 Å². The Labute approximate surface area is 179 Å². The number of hydrogen-bond acceptors (Lipinski definition) is 4. The number of likely N-dealkylation sites (N-methyl/N-ethyl adjacent to an activating group) is 1. The average molecular weight is 437 g/mol. The lowest BCUT2D eigenvalue weighted by Crippen LogP contribution is -2.43. The fraction of sp³-hybridized carbons (Fsp3) is 0.364. The number of benzene rings is 2. The summed E-state index contributed by atoms with van der Waals surface area (Å²) in [6.07, 6.45) is -4.78. The van der Waals surface area contributed by atoms with Crippen molar-refractivity contribution in [2.45, 2.75) is 40.1 Å². The second-order valence-corrected chi connectivity index (χ2v) is 7.47. The first-order valence-electron chi connectivity index (χ1n) is 9.60. The minimum atomic E-state index is -4.78. The van der Waals surface area contributed by atoms with Gasteiger partial charge in [0.1, 0.15) is 5.75 Å². The van der Waals surface area contributed by atoms with E-state index < -0.39 is 18.3 Å². The number of nitrogens with one attached hydrogen (secondary N) is 2. The fourth-order valence-electron chi connectivity index (χ4n) is 3.11. The van der Waals surface area contributed by atoms with E-state index in [1.807, 2.05) is 32.9 Å². The van der Waals surface area contributed by atoms with E-state index in [1.54, 1.807) is 18.9 Å². The SMILES string of the molecule is Cc1cc(C)c(NC(=O)CN(C)C(C)C(=O)Nc2ccc(OC(F)(F)F)cc2)c(C)c1. The van der Waals surface area contributed by atoms with Crippen molar-refractivity contribution in [2.24, 2.45) is 0 Å². The molecule has 9 heteroatoms. The molecule has 0 radical (unpaired) electrons. The standard InChI is InChI=1S/C22H26F3N3O3/c1-13-10-14(2)20(15(3)11-13)27-19(29)12-28(5)16(4)21(30)26-17-6-8-18(9-7-17)31-22(23,24)25/h6-11,16H,12H2,1-5H3,(H,26,30)(H,27,29). The van der Waals surface area contributed by atoms with Crippen molar-refractivity contribution in [1.82, 2.24) is 4.90 Å². The molecule has 0 spiro atoms. The molecule has 0 aliphatic carbocycles. The normalized spacial score (nSPS) is 12.4. The highest BCUT2D eigenvalue weighted by molar-refractivity contribution is 5.96. The van der Waals surface area contributed by atoms with Crippen LogP contribution in [-0.4, -0.2) is 42.7 Å². The quantitative estimate of drug-likeness (QED) is 0.673. The zero-order chi connectivity index (χ0) is 23.3. The average Bonchev–Trinajstić information content (AvgIpc) is 2.64. The van der Waals surface area contributed by atoms with Gasteiger partial charge in [-0.1, -0.05) is 17.7 Å². The third kappa shape index (κ3) is 7.29. The van der Waals surface area contributed by atoms with Gasteiger partial charge in [0, 0.05) is 11.4 Å². The predicted octanol–water partition coefficient (Wildman–Crippen LogP) is 4.41. The molecule has 2 N–H and O–H groups in total. The lowest BCUT2D eigenvalue weighted by Gasteiger charge is -2.24. The summed E-state index contributed by atoms with van der Waals surface area (Å²) in [7, 11) is 1.64. The molecule has 0 aliphatic heterocycles. The van der Waals surface area contributed by atoms with Crippen molar-refractivity contribution in [2.75, 3.05) is 24.2 Å². The van der Waals surface area contributed by atoms with Gasteiger partial charge in [-0.05, 0) is 70.1 Å². The van der Waals surface area contributed by atoms with E-state index in [0.29, 0.717) is 5.69 Å². The van der Waals surface area contributed by atoms with Crippen LogP contribution in [0.3, 0.4) is 0 Å². The number of hydrogen-bond donors (Lipinski definition) is 2. The summed E-state index contributed by atoms with van der Waals surface area (Å²) in [5, 5.41) is 5.50. The molecule has 0 saturated carbocycles. The third-order valence-electron chi connectivity index (χ3n) is 4.73. The smallest absolute Gasteiger partial charge is 0.406 e. The molecule has 2 aromatic rings. The molecule has 0 aliphatic rings. The lowest BCUT2D eigenvalue weighted by molar-refractivity contribution is -0.274. The van der Waals surface area contributed by atoms with Crippen LogP contribution in [-0.2, 0) is 9.59 Å². The van der Waals surface area contributed by atoms with Crippen LogP contribution in [0.25, 0.3) is 0 Å². The Hall–Kier alpha value is -3.07. The topological polar surface area (TPSA) is 70.7 Å². The number of anilines is 2. The first kappa shape index (κ1) is 24.2. The van der Waals surface area contributed by atoms with Gasteiger partial charge in [-0.2, -0.15) is 0 Å². The van der Waals surface area contributed by atoms with Gasteiger partial charge in [0.2, 0.25) is 11.8 Å². The van der Waals surface area contributed by atoms with E-state index in [0.717, 1.165) is 34.5 Å². The molecule has 0 heterocycles. The molecule has 1 unspecified atom stereocenters. The predicted molar refractivity (Wildman–Crippen MR) is 113 cm³/mol. The highest BCUT2D eigenvalue weighted by Gasteiger charge is 2.31. The first-order chi connectivity index (χ1) is 14.4. The summed E-state index contributed by atoms with van der Waals surface area (Å²) in [5.74, 6) is -1.04. The van der Waals surface area contributed by atoms with Gasteiger partial charge in [0.25, 0.3) is 0 Å². The van der Waals surface area contributed by atoms with Crippen LogP contribution >= 0.6 is 0 Å². The largest absolute Gasteiger partial charge is 0.573 e. The molecule has 0 bridgehead atoms. The van der Waals surface area contributed by atoms with Crippen LogP contribution in [0.2, 0.25) is 0 Å². The molecular weight excluding hydrogens is 411 g/mol. The molecule has 2 rings (SSSR count). The van der Waals surface area contributed by atoms with Gasteiger partial charge in [-0.3, -0.25) is 14.5 Å². The summed E-state index contributed by atoms with van der Waals surface area (Å²) in [5.41, 5.74) is 4.08. The number of aryl methyl sites for hydroxylation is 3. The molecule has 0 fully saturated rings. The molecule has 1 atom stereocenters. The van der Waals surface area contributed by atoms with Crippen LogP contribution in [0.5, 0.6) is 5.75 Å². The molecule has 31 heavy (non-hydrogen) atoms. The van der Waals surface area contributed by atoms with Crippen molar-refractivity contribution in [3.63, 3.8) is 0 Å². The van der Waals surface area contributed by atoms with Gasteiger partial charge in [0.05, 0.1) is 12.6 Å². The second kappa shape index (κ2) is 9.82. The molecule has 2 amide bonds. The van der Waals surface area contributed by atoms with Gasteiger partial charge < -0.3 is 15.4 Å². The van der Waals surface area contributed by atoms with Crippen LogP contribution in [0.15, 0.2) is 36.4 Å². The maximum atomic E-state index is 12.5. The zero-order valence-electron chi connectivity index (χ0n) is 18.1. The monoisotopic (exact) mass is 437 g/mol. The lowest BCUT2D eigenvalue weighted by atomic mass is 10.1. The van der Waals surface area contributed by atoms with Gasteiger partial charge >= 0.3 is 6.36 Å². The maximum Gasteiger partial charge on any atom is 0.573 e. The Morgan fingerprint density at radius 3 is 2.10 bits per heavy atom. The Morgan fingerprint density at radius 1 is 1.03 bits per heavy atom. The van der Waals surface area contributed by atoms with Crippen molar-refractivity contribution in [3.8, 4) is 5.75 Å². The van der Waals surface area contributed by atoms with E-state index in [4.69, 9.17) is 0 Å². The number of alkyl halides is 3. The number of ether oxygens (including phenoxy) is 1. The maximum absolute atomic E-state index is 12.5. The highest BCUT2D eigenvalue weighted by Crippen LogP contribution is 2.24. The van der Waals surface area contributed by atoms with Crippen LogP contribution in [0.1, 0.15) is 23.6 Å².